The number of carbonyl (C=O) groups is 1. The van der Waals surface area contributed by atoms with Gasteiger partial charge in [-0.2, -0.15) is 0 Å². The lowest BCUT2D eigenvalue weighted by Crippen LogP contribution is -2.30. The molecule has 2 atom stereocenters. The zero-order chi connectivity index (χ0) is 14.4. The van der Waals surface area contributed by atoms with E-state index in [2.05, 4.69) is 5.32 Å². The van der Waals surface area contributed by atoms with Crippen LogP contribution in [0.4, 0.5) is 11.4 Å². The van der Waals surface area contributed by atoms with Gasteiger partial charge >= 0.3 is 0 Å². The van der Waals surface area contributed by atoms with Crippen molar-refractivity contribution < 1.29 is 9.00 Å². The maximum atomic E-state index is 12.0. The Morgan fingerprint density at radius 2 is 2.16 bits per heavy atom. The molecular weight excluding hydrogens is 260 g/mol. The highest BCUT2D eigenvalue weighted by Crippen LogP contribution is 2.20. The number of benzene rings is 1. The minimum absolute atomic E-state index is 0.219. The molecule has 1 rings (SSSR count). The lowest BCUT2D eigenvalue weighted by atomic mass is 10.1. The van der Waals surface area contributed by atoms with Crippen LogP contribution in [0.25, 0.3) is 0 Å². The fraction of sp³-hybridized carbons (Fsp3) is 0.500. The Hall–Kier alpha value is -1.36. The van der Waals surface area contributed by atoms with Crippen molar-refractivity contribution >= 4 is 28.1 Å². The molecule has 0 fully saturated rings. The largest absolute Gasteiger partial charge is 0.398 e. The third kappa shape index (κ3) is 4.35. The normalized spacial score (nSPS) is 13.8. The van der Waals surface area contributed by atoms with Crippen LogP contribution in [0.15, 0.2) is 18.2 Å². The number of anilines is 2. The van der Waals surface area contributed by atoms with Crippen LogP contribution in [0, 0.1) is 6.92 Å². The van der Waals surface area contributed by atoms with Crippen molar-refractivity contribution in [3.63, 3.8) is 0 Å². The van der Waals surface area contributed by atoms with E-state index in [1.807, 2.05) is 13.8 Å². The van der Waals surface area contributed by atoms with Crippen LogP contribution in [0.1, 0.15) is 32.3 Å². The van der Waals surface area contributed by atoms with Crippen molar-refractivity contribution in [3.8, 4) is 0 Å². The molecule has 106 valence electrons. The van der Waals surface area contributed by atoms with E-state index in [4.69, 9.17) is 5.73 Å². The standard InChI is InChI=1S/C14H22N2O2S/c1-4-5-9-19(18)11(3)14(17)16-13-8-6-7-12(15)10(13)2/h6-8,11H,4-5,9,15H2,1-3H3,(H,16,17). The Morgan fingerprint density at radius 3 is 2.79 bits per heavy atom. The van der Waals surface area contributed by atoms with E-state index in [-0.39, 0.29) is 5.91 Å². The third-order valence-electron chi connectivity index (χ3n) is 3.10. The van der Waals surface area contributed by atoms with Crippen molar-refractivity contribution in [1.82, 2.24) is 0 Å². The minimum Gasteiger partial charge on any atom is -0.398 e. The smallest absolute Gasteiger partial charge is 0.239 e. The first-order chi connectivity index (χ1) is 8.97. The van der Waals surface area contributed by atoms with Gasteiger partial charge in [-0.05, 0) is 38.0 Å². The predicted octanol–water partition coefficient (Wildman–Crippen LogP) is 2.45. The molecule has 3 N–H and O–H groups in total. The molecule has 0 spiro atoms. The second-order valence-corrected chi connectivity index (χ2v) is 6.47. The van der Waals surface area contributed by atoms with E-state index >= 15 is 0 Å². The molecule has 1 amide bonds. The summed E-state index contributed by atoms with van der Waals surface area (Å²) in [6.45, 7) is 5.59. The number of hydrogen-bond acceptors (Lipinski definition) is 3. The van der Waals surface area contributed by atoms with Gasteiger partial charge in [-0.1, -0.05) is 19.4 Å². The number of amides is 1. The molecule has 4 nitrogen and oxygen atoms in total. The Labute approximate surface area is 117 Å². The number of unbranched alkanes of at least 4 members (excludes halogenated alkanes) is 1. The molecule has 0 saturated heterocycles. The summed E-state index contributed by atoms with van der Waals surface area (Å²) in [4.78, 5) is 12.0. The highest BCUT2D eigenvalue weighted by molar-refractivity contribution is 7.86. The van der Waals surface area contributed by atoms with Crippen LogP contribution >= 0.6 is 0 Å². The van der Waals surface area contributed by atoms with Gasteiger partial charge in [0.2, 0.25) is 5.91 Å². The minimum atomic E-state index is -1.12. The van der Waals surface area contributed by atoms with E-state index in [0.717, 1.165) is 18.4 Å². The van der Waals surface area contributed by atoms with Crippen LogP contribution in [0.2, 0.25) is 0 Å². The predicted molar refractivity (Wildman–Crippen MR) is 81.6 cm³/mol. The van der Waals surface area contributed by atoms with Gasteiger partial charge in [0.05, 0.1) is 0 Å². The average molecular weight is 282 g/mol. The van der Waals surface area contributed by atoms with Crippen LogP contribution in [0.3, 0.4) is 0 Å². The van der Waals surface area contributed by atoms with Gasteiger partial charge in [0.15, 0.2) is 0 Å². The summed E-state index contributed by atoms with van der Waals surface area (Å²) < 4.78 is 11.9. The number of nitrogens with one attached hydrogen (secondary N) is 1. The summed E-state index contributed by atoms with van der Waals surface area (Å²) in [6, 6.07) is 5.37. The summed E-state index contributed by atoms with van der Waals surface area (Å²) in [5, 5.41) is 2.29. The molecule has 0 saturated carbocycles. The van der Waals surface area contributed by atoms with E-state index in [1.54, 1.807) is 25.1 Å². The first-order valence-electron chi connectivity index (χ1n) is 6.50. The zero-order valence-electron chi connectivity index (χ0n) is 11.7. The molecule has 0 bridgehead atoms. The van der Waals surface area contributed by atoms with E-state index < -0.39 is 16.0 Å². The SMILES string of the molecule is CCCCS(=O)C(C)C(=O)Nc1cccc(N)c1C. The van der Waals surface area contributed by atoms with Gasteiger partial charge in [0, 0.05) is 27.9 Å². The van der Waals surface area contributed by atoms with Gasteiger partial charge in [-0.3, -0.25) is 9.00 Å². The van der Waals surface area contributed by atoms with Gasteiger partial charge in [0.25, 0.3) is 0 Å². The topological polar surface area (TPSA) is 72.2 Å². The quantitative estimate of drug-likeness (QED) is 0.787. The Morgan fingerprint density at radius 1 is 1.47 bits per heavy atom. The summed E-state index contributed by atoms with van der Waals surface area (Å²) in [7, 11) is -1.12. The molecule has 19 heavy (non-hydrogen) atoms. The molecule has 0 aliphatic heterocycles. The average Bonchev–Trinajstić information content (AvgIpc) is 2.40. The summed E-state index contributed by atoms with van der Waals surface area (Å²) in [6.07, 6.45) is 1.86. The highest BCUT2D eigenvalue weighted by atomic mass is 32.2. The fourth-order valence-corrected chi connectivity index (χ4v) is 2.83. The molecule has 1 aromatic rings. The van der Waals surface area contributed by atoms with E-state index in [9.17, 15) is 9.00 Å². The second-order valence-electron chi connectivity index (χ2n) is 4.59. The number of nitrogens with two attached hydrogens (primary N) is 1. The van der Waals surface area contributed by atoms with Crippen molar-refractivity contribution in [1.29, 1.82) is 0 Å². The Balaban J connectivity index is 2.69. The molecular formula is C14H22N2O2S. The molecule has 1 aromatic carbocycles. The number of carbonyl (C=O) groups excluding carboxylic acids is 1. The highest BCUT2D eigenvalue weighted by Gasteiger charge is 2.20. The van der Waals surface area contributed by atoms with Gasteiger partial charge < -0.3 is 11.1 Å². The lowest BCUT2D eigenvalue weighted by molar-refractivity contribution is -0.115. The molecule has 0 heterocycles. The first-order valence-corrected chi connectivity index (χ1v) is 7.88. The van der Waals surface area contributed by atoms with Gasteiger partial charge in [0.1, 0.15) is 5.25 Å². The molecule has 5 heteroatoms. The first kappa shape index (κ1) is 15.7. The molecule has 0 aliphatic carbocycles. The zero-order valence-corrected chi connectivity index (χ0v) is 12.5. The summed E-state index contributed by atoms with van der Waals surface area (Å²) in [5.41, 5.74) is 7.94. The maximum absolute atomic E-state index is 12.0. The molecule has 0 aliphatic rings. The molecule has 2 unspecified atom stereocenters. The van der Waals surface area contributed by atoms with Crippen LogP contribution < -0.4 is 11.1 Å². The van der Waals surface area contributed by atoms with Crippen LogP contribution in [0.5, 0.6) is 0 Å². The van der Waals surface area contributed by atoms with Gasteiger partial charge in [-0.25, -0.2) is 0 Å². The second kappa shape index (κ2) is 7.28. The number of nitrogen functional groups attached to an aromatic ring is 1. The Kier molecular flexibility index (Phi) is 6.02. The number of rotatable bonds is 6. The maximum Gasteiger partial charge on any atom is 0.239 e. The van der Waals surface area contributed by atoms with Crippen molar-refractivity contribution in [2.75, 3.05) is 16.8 Å². The third-order valence-corrected chi connectivity index (χ3v) is 4.79. The van der Waals surface area contributed by atoms with Crippen LogP contribution in [-0.2, 0) is 15.6 Å². The molecule has 0 radical (unpaired) electrons. The van der Waals surface area contributed by atoms with E-state index in [1.165, 1.54) is 0 Å². The monoisotopic (exact) mass is 282 g/mol. The van der Waals surface area contributed by atoms with Crippen LogP contribution in [-0.4, -0.2) is 21.1 Å². The summed E-state index contributed by atoms with van der Waals surface area (Å²) in [5.74, 6) is 0.351. The van der Waals surface area contributed by atoms with Crippen molar-refractivity contribution in [2.45, 2.75) is 38.9 Å². The van der Waals surface area contributed by atoms with Crippen molar-refractivity contribution in [3.05, 3.63) is 23.8 Å². The van der Waals surface area contributed by atoms with Crippen molar-refractivity contribution in [2.24, 2.45) is 0 Å². The Bertz CT molecular complexity index is 475. The number of hydrogen-bond donors (Lipinski definition) is 2. The summed E-state index contributed by atoms with van der Waals surface area (Å²) >= 11 is 0. The lowest BCUT2D eigenvalue weighted by Gasteiger charge is -2.14. The van der Waals surface area contributed by atoms with E-state index in [0.29, 0.717) is 17.1 Å². The molecule has 0 aromatic heterocycles. The van der Waals surface area contributed by atoms with Gasteiger partial charge in [-0.15, -0.1) is 0 Å². The fourth-order valence-electron chi connectivity index (χ4n) is 1.61.